The molecule has 0 unspecified atom stereocenters. The first-order valence-electron chi connectivity index (χ1n) is 9.28. The van der Waals surface area contributed by atoms with Crippen LogP contribution in [0.25, 0.3) is 0 Å². The maximum absolute atomic E-state index is 12.4. The highest BCUT2D eigenvalue weighted by Crippen LogP contribution is 2.35. The quantitative estimate of drug-likeness (QED) is 0.598. The summed E-state index contributed by atoms with van der Waals surface area (Å²) in [6, 6.07) is 9.91. The van der Waals surface area contributed by atoms with Gasteiger partial charge in [-0.15, -0.1) is 10.2 Å². The van der Waals surface area contributed by atoms with Crippen molar-refractivity contribution in [3.8, 4) is 0 Å². The molecule has 2 atom stereocenters. The van der Waals surface area contributed by atoms with Gasteiger partial charge in [-0.25, -0.2) is 0 Å². The van der Waals surface area contributed by atoms with Crippen LogP contribution in [0.1, 0.15) is 29.8 Å². The number of hydrogen-bond donors (Lipinski definition) is 1. The molecule has 1 fully saturated rings. The molecule has 0 bridgehead atoms. The van der Waals surface area contributed by atoms with Crippen LogP contribution in [0, 0.1) is 11.8 Å². The first kappa shape index (κ1) is 18.5. The maximum atomic E-state index is 12.4. The van der Waals surface area contributed by atoms with Crippen LogP contribution in [-0.4, -0.2) is 39.4 Å². The van der Waals surface area contributed by atoms with E-state index in [1.165, 1.54) is 16.2 Å². The summed E-state index contributed by atoms with van der Waals surface area (Å²) in [5.74, 6) is -1.12. The molecule has 1 saturated heterocycles. The SMILES string of the molecule is O=C(CCN1C(=O)[C@@H]2CC=CC[C@H]2C1=O)Nc1nnc(Cc2ccccc2)s1. The molecule has 0 saturated carbocycles. The Labute approximate surface area is 166 Å². The van der Waals surface area contributed by atoms with Crippen molar-refractivity contribution in [3.05, 3.63) is 53.1 Å². The fourth-order valence-corrected chi connectivity index (χ4v) is 4.42. The molecule has 144 valence electrons. The van der Waals surface area contributed by atoms with Gasteiger partial charge in [-0.05, 0) is 18.4 Å². The van der Waals surface area contributed by atoms with Crippen LogP contribution in [0.2, 0.25) is 0 Å². The van der Waals surface area contributed by atoms with Gasteiger partial charge in [0.15, 0.2) is 0 Å². The summed E-state index contributed by atoms with van der Waals surface area (Å²) in [4.78, 5) is 38.3. The number of carbonyl (C=O) groups excluding carboxylic acids is 3. The van der Waals surface area contributed by atoms with Gasteiger partial charge in [0.05, 0.1) is 11.8 Å². The smallest absolute Gasteiger partial charge is 0.233 e. The number of anilines is 1. The number of aromatic nitrogens is 2. The molecule has 2 aromatic rings. The second kappa shape index (κ2) is 8.02. The molecular weight excluding hydrogens is 376 g/mol. The zero-order valence-corrected chi connectivity index (χ0v) is 16.0. The van der Waals surface area contributed by atoms with Crippen LogP contribution in [0.3, 0.4) is 0 Å². The number of fused-ring (bicyclic) bond motifs is 1. The molecule has 0 spiro atoms. The van der Waals surface area contributed by atoms with E-state index in [4.69, 9.17) is 0 Å². The van der Waals surface area contributed by atoms with E-state index in [-0.39, 0.29) is 42.5 Å². The molecule has 1 aromatic heterocycles. The second-order valence-electron chi connectivity index (χ2n) is 6.95. The molecule has 2 aliphatic rings. The van der Waals surface area contributed by atoms with E-state index in [0.717, 1.165) is 10.6 Å². The Bertz CT molecular complexity index is 899. The number of imide groups is 1. The number of likely N-dealkylation sites (tertiary alicyclic amines) is 1. The van der Waals surface area contributed by atoms with Crippen molar-refractivity contribution >= 4 is 34.2 Å². The Balaban J connectivity index is 1.29. The Morgan fingerprint density at radius 2 is 1.75 bits per heavy atom. The molecule has 3 amide bonds. The summed E-state index contributed by atoms with van der Waals surface area (Å²) in [5.41, 5.74) is 1.12. The van der Waals surface area contributed by atoms with Crippen molar-refractivity contribution in [2.24, 2.45) is 11.8 Å². The number of allylic oxidation sites excluding steroid dienone is 2. The molecule has 28 heavy (non-hydrogen) atoms. The van der Waals surface area contributed by atoms with Gasteiger partial charge in [0.1, 0.15) is 5.01 Å². The van der Waals surface area contributed by atoms with E-state index < -0.39 is 0 Å². The van der Waals surface area contributed by atoms with Crippen LogP contribution in [0.5, 0.6) is 0 Å². The predicted octanol–water partition coefficient (Wildman–Crippen LogP) is 2.41. The minimum Gasteiger partial charge on any atom is -0.300 e. The fourth-order valence-electron chi connectivity index (χ4n) is 3.63. The summed E-state index contributed by atoms with van der Waals surface area (Å²) in [7, 11) is 0. The first-order chi connectivity index (χ1) is 13.6. The van der Waals surface area contributed by atoms with Crippen LogP contribution >= 0.6 is 11.3 Å². The Morgan fingerprint density at radius 1 is 1.07 bits per heavy atom. The average Bonchev–Trinajstić information content (AvgIpc) is 3.24. The van der Waals surface area contributed by atoms with Crippen molar-refractivity contribution in [2.45, 2.75) is 25.7 Å². The standard InChI is InChI=1S/C20H20N4O3S/c25-16(10-11-24-18(26)14-8-4-5-9-15(14)19(24)27)21-20-23-22-17(28-20)12-13-6-2-1-3-7-13/h1-7,14-15H,8-12H2,(H,21,23,25)/t14-,15-/m1/s1. The molecule has 2 heterocycles. The third kappa shape index (κ3) is 3.87. The lowest BCUT2D eigenvalue weighted by atomic mass is 9.85. The fraction of sp³-hybridized carbons (Fsp3) is 0.350. The number of nitrogens with zero attached hydrogens (tertiary/aromatic N) is 3. The van der Waals surface area contributed by atoms with Crippen molar-refractivity contribution in [1.82, 2.24) is 15.1 Å². The summed E-state index contributed by atoms with van der Waals surface area (Å²) < 4.78 is 0. The lowest BCUT2D eigenvalue weighted by Gasteiger charge is -2.14. The van der Waals surface area contributed by atoms with Gasteiger partial charge in [-0.1, -0.05) is 53.8 Å². The van der Waals surface area contributed by atoms with Gasteiger partial charge in [-0.3, -0.25) is 19.3 Å². The molecule has 7 nitrogen and oxygen atoms in total. The molecule has 1 aliphatic heterocycles. The van der Waals surface area contributed by atoms with E-state index in [9.17, 15) is 14.4 Å². The van der Waals surface area contributed by atoms with E-state index in [2.05, 4.69) is 15.5 Å². The topological polar surface area (TPSA) is 92.3 Å². The van der Waals surface area contributed by atoms with Crippen molar-refractivity contribution in [2.75, 3.05) is 11.9 Å². The third-order valence-corrected chi connectivity index (χ3v) is 5.91. The summed E-state index contributed by atoms with van der Waals surface area (Å²) in [5, 5.41) is 12.0. The average molecular weight is 396 g/mol. The van der Waals surface area contributed by atoms with Crippen molar-refractivity contribution in [3.63, 3.8) is 0 Å². The number of rotatable bonds is 6. The lowest BCUT2D eigenvalue weighted by molar-refractivity contribution is -0.140. The predicted molar refractivity (Wildman–Crippen MR) is 104 cm³/mol. The summed E-state index contributed by atoms with van der Waals surface area (Å²) in [6.45, 7) is 0.103. The van der Waals surface area contributed by atoms with Crippen LogP contribution in [0.4, 0.5) is 5.13 Å². The first-order valence-corrected chi connectivity index (χ1v) is 10.1. The minimum atomic E-state index is -0.281. The van der Waals surface area contributed by atoms with Crippen LogP contribution in [0.15, 0.2) is 42.5 Å². The van der Waals surface area contributed by atoms with Crippen LogP contribution < -0.4 is 5.32 Å². The Morgan fingerprint density at radius 3 is 2.43 bits per heavy atom. The molecule has 1 N–H and O–H groups in total. The van der Waals surface area contributed by atoms with Gasteiger partial charge in [0.2, 0.25) is 22.9 Å². The number of nitrogens with one attached hydrogen (secondary N) is 1. The largest absolute Gasteiger partial charge is 0.300 e. The molecule has 1 aromatic carbocycles. The summed E-state index contributed by atoms with van der Waals surface area (Å²) in [6.07, 6.45) is 5.82. The minimum absolute atomic E-state index is 0.0535. The van der Waals surface area contributed by atoms with Crippen molar-refractivity contribution in [1.29, 1.82) is 0 Å². The highest BCUT2D eigenvalue weighted by molar-refractivity contribution is 7.15. The zero-order chi connectivity index (χ0) is 19.5. The number of benzene rings is 1. The van der Waals surface area contributed by atoms with Gasteiger partial charge in [0, 0.05) is 19.4 Å². The normalized spacial score (nSPS) is 21.1. The highest BCUT2D eigenvalue weighted by Gasteiger charge is 2.46. The zero-order valence-electron chi connectivity index (χ0n) is 15.2. The number of amides is 3. The van der Waals surface area contributed by atoms with Gasteiger partial charge in [-0.2, -0.15) is 0 Å². The molecule has 1 aliphatic carbocycles. The number of carbonyl (C=O) groups is 3. The van der Waals surface area contributed by atoms with E-state index in [1.54, 1.807) is 0 Å². The Kier molecular flexibility index (Phi) is 5.29. The van der Waals surface area contributed by atoms with Crippen molar-refractivity contribution < 1.29 is 14.4 Å². The third-order valence-electron chi connectivity index (χ3n) is 5.07. The lowest BCUT2D eigenvalue weighted by Crippen LogP contribution is -2.34. The van der Waals surface area contributed by atoms with E-state index in [1.807, 2.05) is 42.5 Å². The number of hydrogen-bond acceptors (Lipinski definition) is 6. The van der Waals surface area contributed by atoms with Gasteiger partial charge < -0.3 is 5.32 Å². The van der Waals surface area contributed by atoms with E-state index >= 15 is 0 Å². The van der Waals surface area contributed by atoms with Gasteiger partial charge in [0.25, 0.3) is 0 Å². The Hall–Kier alpha value is -2.87. The van der Waals surface area contributed by atoms with Gasteiger partial charge >= 0.3 is 0 Å². The van der Waals surface area contributed by atoms with E-state index in [0.29, 0.717) is 24.4 Å². The molecule has 4 rings (SSSR count). The molecule has 0 radical (unpaired) electrons. The molecular formula is C20H20N4O3S. The highest BCUT2D eigenvalue weighted by atomic mass is 32.1. The monoisotopic (exact) mass is 396 g/mol. The molecule has 8 heteroatoms. The second-order valence-corrected chi connectivity index (χ2v) is 8.01. The maximum Gasteiger partial charge on any atom is 0.233 e. The summed E-state index contributed by atoms with van der Waals surface area (Å²) >= 11 is 1.32. The van der Waals surface area contributed by atoms with Crippen LogP contribution in [-0.2, 0) is 20.8 Å².